The van der Waals surface area contributed by atoms with Crippen molar-refractivity contribution >= 4 is 22.7 Å². The molecule has 0 fully saturated rings. The van der Waals surface area contributed by atoms with Crippen LogP contribution in [0, 0.1) is 11.8 Å². The van der Waals surface area contributed by atoms with E-state index in [0.29, 0.717) is 0 Å². The van der Waals surface area contributed by atoms with Crippen LogP contribution in [0.4, 0.5) is 0 Å². The van der Waals surface area contributed by atoms with Crippen LogP contribution in [-0.2, 0) is 19.5 Å². The van der Waals surface area contributed by atoms with Gasteiger partial charge in [-0.15, -0.1) is 22.7 Å². The van der Waals surface area contributed by atoms with Crippen LogP contribution >= 0.6 is 22.7 Å². The lowest BCUT2D eigenvalue weighted by atomic mass is 10.1. The summed E-state index contributed by atoms with van der Waals surface area (Å²) in [5, 5.41) is 11.8. The van der Waals surface area contributed by atoms with Crippen LogP contribution in [-0.4, -0.2) is 22.2 Å². The van der Waals surface area contributed by atoms with Crippen molar-refractivity contribution in [3.05, 3.63) is 43.8 Å². The van der Waals surface area contributed by atoms with Crippen molar-refractivity contribution in [3.8, 4) is 11.8 Å². The SMILES string of the molecule is CC(C)(O)C#Cc1ccc(CN2CCc3sccc3C2)s1. The fraction of sp³-hybridized carbons (Fsp3) is 0.412. The van der Waals surface area contributed by atoms with Crippen LogP contribution in [0.25, 0.3) is 0 Å². The molecule has 0 saturated heterocycles. The Hall–Kier alpha value is -1.12. The van der Waals surface area contributed by atoms with Crippen molar-refractivity contribution in [2.75, 3.05) is 6.54 Å². The Morgan fingerprint density at radius 1 is 1.33 bits per heavy atom. The summed E-state index contributed by atoms with van der Waals surface area (Å²) >= 11 is 3.61. The summed E-state index contributed by atoms with van der Waals surface area (Å²) in [7, 11) is 0. The standard InChI is InChI=1S/C17H19NOS2/c1-17(2,19)8-5-14-3-4-15(21-14)12-18-9-6-16-13(11-18)7-10-20-16/h3-4,7,10,19H,6,9,11-12H2,1-2H3. The molecule has 0 unspecified atom stereocenters. The smallest absolute Gasteiger partial charge is 0.120 e. The van der Waals surface area contributed by atoms with Crippen molar-refractivity contribution in [3.63, 3.8) is 0 Å². The number of hydrogen-bond acceptors (Lipinski definition) is 4. The molecule has 0 spiro atoms. The molecule has 0 atom stereocenters. The lowest BCUT2D eigenvalue weighted by molar-refractivity contribution is 0.143. The number of hydrogen-bond donors (Lipinski definition) is 1. The summed E-state index contributed by atoms with van der Waals surface area (Å²) in [6, 6.07) is 6.46. The zero-order valence-electron chi connectivity index (χ0n) is 12.3. The molecular formula is C17H19NOS2. The number of nitrogens with zero attached hydrogens (tertiary/aromatic N) is 1. The van der Waals surface area contributed by atoms with Crippen LogP contribution < -0.4 is 0 Å². The molecule has 1 N–H and O–H groups in total. The van der Waals surface area contributed by atoms with Gasteiger partial charge < -0.3 is 5.11 Å². The predicted molar refractivity (Wildman–Crippen MR) is 89.6 cm³/mol. The zero-order chi connectivity index (χ0) is 14.9. The van der Waals surface area contributed by atoms with Crippen molar-refractivity contribution < 1.29 is 5.11 Å². The summed E-state index contributed by atoms with van der Waals surface area (Å²) in [6.07, 6.45) is 1.17. The van der Waals surface area contributed by atoms with Crippen molar-refractivity contribution in [1.29, 1.82) is 0 Å². The first-order valence-electron chi connectivity index (χ1n) is 7.11. The largest absolute Gasteiger partial charge is 0.378 e. The van der Waals surface area contributed by atoms with E-state index in [1.807, 2.05) is 11.3 Å². The van der Waals surface area contributed by atoms with E-state index in [4.69, 9.17) is 0 Å². The minimum absolute atomic E-state index is 0.924. The van der Waals surface area contributed by atoms with Crippen molar-refractivity contribution in [2.45, 2.75) is 39.0 Å². The average Bonchev–Trinajstić information content (AvgIpc) is 3.04. The summed E-state index contributed by atoms with van der Waals surface area (Å²) in [5.74, 6) is 5.92. The molecule has 21 heavy (non-hydrogen) atoms. The fourth-order valence-electron chi connectivity index (χ4n) is 2.41. The second-order valence-electron chi connectivity index (χ2n) is 5.90. The summed E-state index contributed by atoms with van der Waals surface area (Å²) in [6.45, 7) is 6.60. The molecule has 3 rings (SSSR count). The molecule has 0 bridgehead atoms. The molecule has 1 aliphatic rings. The molecule has 1 aliphatic heterocycles. The first-order chi connectivity index (χ1) is 9.99. The third-order valence-corrected chi connectivity index (χ3v) is 5.43. The molecular weight excluding hydrogens is 298 g/mol. The second kappa shape index (κ2) is 5.94. The minimum atomic E-state index is -0.924. The minimum Gasteiger partial charge on any atom is -0.378 e. The van der Waals surface area contributed by atoms with E-state index in [9.17, 15) is 5.11 Å². The highest BCUT2D eigenvalue weighted by atomic mass is 32.1. The van der Waals surface area contributed by atoms with E-state index in [1.165, 1.54) is 16.9 Å². The highest BCUT2D eigenvalue weighted by molar-refractivity contribution is 7.12. The normalized spacial score (nSPS) is 15.4. The molecule has 2 aromatic heterocycles. The Morgan fingerprint density at radius 2 is 2.19 bits per heavy atom. The number of rotatable bonds is 2. The number of thiophene rings is 2. The third-order valence-electron chi connectivity index (χ3n) is 3.42. The average molecular weight is 317 g/mol. The molecule has 2 aromatic rings. The maximum Gasteiger partial charge on any atom is 0.120 e. The summed E-state index contributed by atoms with van der Waals surface area (Å²) in [4.78, 5) is 6.41. The number of aliphatic hydroxyl groups is 1. The lowest BCUT2D eigenvalue weighted by Gasteiger charge is -2.26. The first-order valence-corrected chi connectivity index (χ1v) is 8.81. The Labute approximate surface area is 134 Å². The van der Waals surface area contributed by atoms with E-state index >= 15 is 0 Å². The third kappa shape index (κ3) is 3.96. The summed E-state index contributed by atoms with van der Waals surface area (Å²) in [5.41, 5.74) is 0.566. The van der Waals surface area contributed by atoms with Gasteiger partial charge in [-0.05, 0) is 49.4 Å². The van der Waals surface area contributed by atoms with E-state index in [1.54, 1.807) is 30.1 Å². The highest BCUT2D eigenvalue weighted by Gasteiger charge is 2.17. The molecule has 0 aliphatic carbocycles. The van der Waals surface area contributed by atoms with Gasteiger partial charge in [0.1, 0.15) is 5.60 Å². The molecule has 0 amide bonds. The van der Waals surface area contributed by atoms with Crippen LogP contribution in [0.2, 0.25) is 0 Å². The molecule has 2 nitrogen and oxygen atoms in total. The van der Waals surface area contributed by atoms with Gasteiger partial charge in [0.25, 0.3) is 0 Å². The topological polar surface area (TPSA) is 23.5 Å². The zero-order valence-corrected chi connectivity index (χ0v) is 14.0. The monoisotopic (exact) mass is 317 g/mol. The van der Waals surface area contributed by atoms with Crippen LogP contribution in [0.5, 0.6) is 0 Å². The molecule has 4 heteroatoms. The maximum atomic E-state index is 9.64. The van der Waals surface area contributed by atoms with Gasteiger partial charge in [-0.2, -0.15) is 0 Å². The second-order valence-corrected chi connectivity index (χ2v) is 8.07. The van der Waals surface area contributed by atoms with Gasteiger partial charge in [0.15, 0.2) is 0 Å². The van der Waals surface area contributed by atoms with Crippen LogP contribution in [0.3, 0.4) is 0 Å². The Morgan fingerprint density at radius 3 is 3.00 bits per heavy atom. The van der Waals surface area contributed by atoms with Gasteiger partial charge in [0.2, 0.25) is 0 Å². The first kappa shape index (κ1) is 14.8. The van der Waals surface area contributed by atoms with Gasteiger partial charge in [0, 0.05) is 29.4 Å². The van der Waals surface area contributed by atoms with Gasteiger partial charge >= 0.3 is 0 Å². The van der Waals surface area contributed by atoms with Gasteiger partial charge in [-0.25, -0.2) is 0 Å². The number of fused-ring (bicyclic) bond motifs is 1. The maximum absolute atomic E-state index is 9.64. The quantitative estimate of drug-likeness (QED) is 0.857. The molecule has 0 saturated carbocycles. The Kier molecular flexibility index (Phi) is 4.19. The van der Waals surface area contributed by atoms with Crippen molar-refractivity contribution in [1.82, 2.24) is 4.90 Å². The van der Waals surface area contributed by atoms with E-state index in [-0.39, 0.29) is 0 Å². The van der Waals surface area contributed by atoms with E-state index in [0.717, 1.165) is 24.5 Å². The van der Waals surface area contributed by atoms with Gasteiger partial charge in [0.05, 0.1) is 4.88 Å². The summed E-state index contributed by atoms with van der Waals surface area (Å²) < 4.78 is 0. The van der Waals surface area contributed by atoms with Gasteiger partial charge in [-0.1, -0.05) is 11.8 Å². The molecule has 3 heterocycles. The van der Waals surface area contributed by atoms with Crippen molar-refractivity contribution in [2.24, 2.45) is 0 Å². The Bertz CT molecular complexity index is 681. The van der Waals surface area contributed by atoms with Gasteiger partial charge in [-0.3, -0.25) is 4.90 Å². The van der Waals surface area contributed by atoms with Crippen LogP contribution in [0.1, 0.15) is 34.0 Å². The lowest BCUT2D eigenvalue weighted by Crippen LogP contribution is -2.28. The Balaban J connectivity index is 1.64. The fourth-order valence-corrected chi connectivity index (χ4v) is 4.20. The van der Waals surface area contributed by atoms with E-state index < -0.39 is 5.60 Å². The molecule has 110 valence electrons. The highest BCUT2D eigenvalue weighted by Crippen LogP contribution is 2.26. The molecule has 0 radical (unpaired) electrons. The predicted octanol–water partition coefficient (Wildman–Crippen LogP) is 3.49. The van der Waals surface area contributed by atoms with E-state index in [2.05, 4.69) is 40.3 Å². The molecule has 0 aromatic carbocycles. The van der Waals surface area contributed by atoms with Crippen LogP contribution in [0.15, 0.2) is 23.6 Å².